The molecule has 3 heteroatoms. The molecular weight excluding hydrogens is 613 g/mol. The summed E-state index contributed by atoms with van der Waals surface area (Å²) in [6, 6.07) is 0. The molecular formula is C47H94O3. The Morgan fingerprint density at radius 1 is 0.220 bits per heavy atom. The van der Waals surface area contributed by atoms with Crippen LogP contribution in [-0.4, -0.2) is 22.8 Å². The second-order valence-electron chi connectivity index (χ2n) is 16.4. The van der Waals surface area contributed by atoms with E-state index in [2.05, 4.69) is 0 Å². The minimum absolute atomic E-state index is 0.345. The summed E-state index contributed by atoms with van der Waals surface area (Å²) in [5.74, 6) is -0.648. The van der Waals surface area contributed by atoms with Crippen molar-refractivity contribution in [3.8, 4) is 0 Å². The lowest BCUT2D eigenvalue weighted by Crippen LogP contribution is -1.93. The molecule has 0 spiro atoms. The number of aliphatic hydroxyl groups excluding tert-OH is 1. The molecule has 0 aliphatic heterocycles. The normalized spacial score (nSPS) is 11.5. The molecule has 0 saturated carbocycles. The minimum Gasteiger partial charge on any atom is -0.481 e. The van der Waals surface area contributed by atoms with E-state index in [-0.39, 0.29) is 0 Å². The highest BCUT2D eigenvalue weighted by molar-refractivity contribution is 5.66. The van der Waals surface area contributed by atoms with Crippen LogP contribution in [0.4, 0.5) is 0 Å². The topological polar surface area (TPSA) is 57.5 Å². The zero-order valence-corrected chi connectivity index (χ0v) is 34.3. The van der Waals surface area contributed by atoms with Gasteiger partial charge in [0.05, 0.1) is 0 Å². The van der Waals surface area contributed by atoms with Gasteiger partial charge in [-0.1, -0.05) is 270 Å². The van der Waals surface area contributed by atoms with Crippen LogP contribution in [-0.2, 0) is 4.79 Å². The fourth-order valence-electron chi connectivity index (χ4n) is 7.81. The van der Waals surface area contributed by atoms with E-state index in [4.69, 9.17) is 10.2 Å². The van der Waals surface area contributed by atoms with Gasteiger partial charge < -0.3 is 10.2 Å². The highest BCUT2D eigenvalue weighted by atomic mass is 16.4. The summed E-state index contributed by atoms with van der Waals surface area (Å²) in [4.78, 5) is 10.5. The van der Waals surface area contributed by atoms with Crippen LogP contribution in [0, 0.1) is 0 Å². The number of hydrogen-bond acceptors (Lipinski definition) is 2. The van der Waals surface area contributed by atoms with Gasteiger partial charge >= 0.3 is 5.97 Å². The van der Waals surface area contributed by atoms with Crippen LogP contribution in [0.5, 0.6) is 0 Å². The largest absolute Gasteiger partial charge is 0.481 e. The SMILES string of the molecule is O=C(O)CCCCCCCCCCCCCCCCCCCCCCCCCCCCCCCCCCCCCCCCCCCCCCO. The molecule has 0 aliphatic rings. The van der Waals surface area contributed by atoms with E-state index >= 15 is 0 Å². The first kappa shape index (κ1) is 49.4. The molecule has 0 saturated heterocycles. The average molecular weight is 707 g/mol. The van der Waals surface area contributed by atoms with Crippen LogP contribution in [0.25, 0.3) is 0 Å². The Morgan fingerprint density at radius 3 is 0.460 bits per heavy atom. The number of carboxylic acids is 1. The van der Waals surface area contributed by atoms with E-state index in [1.807, 2.05) is 0 Å². The zero-order chi connectivity index (χ0) is 36.1. The third-order valence-corrected chi connectivity index (χ3v) is 11.3. The van der Waals surface area contributed by atoms with E-state index < -0.39 is 5.97 Å². The molecule has 0 rings (SSSR count). The van der Waals surface area contributed by atoms with Crippen LogP contribution in [0.3, 0.4) is 0 Å². The van der Waals surface area contributed by atoms with Crippen molar-refractivity contribution in [3.05, 3.63) is 0 Å². The van der Waals surface area contributed by atoms with Crippen LogP contribution < -0.4 is 0 Å². The molecule has 0 aromatic carbocycles. The van der Waals surface area contributed by atoms with Gasteiger partial charge in [-0.3, -0.25) is 4.79 Å². The maximum absolute atomic E-state index is 10.5. The number of aliphatic carboxylic acids is 1. The minimum atomic E-state index is -0.648. The lowest BCUT2D eigenvalue weighted by molar-refractivity contribution is -0.137. The monoisotopic (exact) mass is 707 g/mol. The number of unbranched alkanes of at least 4 members (excludes halogenated alkanes) is 43. The van der Waals surface area contributed by atoms with E-state index in [1.165, 1.54) is 263 Å². The molecule has 0 bridgehead atoms. The summed E-state index contributed by atoms with van der Waals surface area (Å²) in [5, 5.41) is 17.5. The summed E-state index contributed by atoms with van der Waals surface area (Å²) in [5.41, 5.74) is 0. The second kappa shape index (κ2) is 46.5. The van der Waals surface area contributed by atoms with Crippen LogP contribution in [0.15, 0.2) is 0 Å². The Balaban J connectivity index is 3.05. The fraction of sp³-hybridized carbons (Fsp3) is 0.979. The Morgan fingerprint density at radius 2 is 0.340 bits per heavy atom. The summed E-state index contributed by atoms with van der Waals surface area (Å²) >= 11 is 0. The van der Waals surface area contributed by atoms with Crippen LogP contribution in [0.2, 0.25) is 0 Å². The van der Waals surface area contributed by atoms with Crippen molar-refractivity contribution in [3.63, 3.8) is 0 Å². The molecule has 2 N–H and O–H groups in total. The number of rotatable bonds is 46. The highest BCUT2D eigenvalue weighted by Gasteiger charge is 1.99. The maximum atomic E-state index is 10.5. The number of carboxylic acid groups (broad SMARTS) is 1. The standard InChI is InChI=1S/C47H94O3/c48-46-44-42-40-38-36-34-32-30-28-26-24-22-20-18-16-14-12-10-8-6-4-2-1-3-5-7-9-11-13-15-17-19-21-23-25-27-29-31-33-35-37-39-41-43-45-47(49)50/h48H,1-46H2,(H,49,50). The van der Waals surface area contributed by atoms with E-state index in [0.717, 1.165) is 19.3 Å². The first-order valence-electron chi connectivity index (χ1n) is 23.6. The lowest BCUT2D eigenvalue weighted by Gasteiger charge is -2.05. The molecule has 0 aromatic rings. The third-order valence-electron chi connectivity index (χ3n) is 11.3. The predicted octanol–water partition coefficient (Wildman–Crippen LogP) is 16.6. The van der Waals surface area contributed by atoms with Crippen LogP contribution in [0.1, 0.15) is 289 Å². The lowest BCUT2D eigenvalue weighted by atomic mass is 10.0. The van der Waals surface area contributed by atoms with Gasteiger partial charge in [0.2, 0.25) is 0 Å². The molecule has 3 nitrogen and oxygen atoms in total. The predicted molar refractivity (Wildman–Crippen MR) is 222 cm³/mol. The summed E-state index contributed by atoms with van der Waals surface area (Å²) in [6.07, 6.45) is 62.0. The first-order chi connectivity index (χ1) is 24.8. The molecule has 0 heterocycles. The summed E-state index contributed by atoms with van der Waals surface area (Å²) in [6.45, 7) is 0.371. The van der Waals surface area contributed by atoms with Gasteiger partial charge in [-0.2, -0.15) is 0 Å². The molecule has 0 aliphatic carbocycles. The van der Waals surface area contributed by atoms with Gasteiger partial charge in [-0.05, 0) is 12.8 Å². The maximum Gasteiger partial charge on any atom is 0.303 e. The van der Waals surface area contributed by atoms with Crippen LogP contribution >= 0.6 is 0 Å². The quantitative estimate of drug-likeness (QED) is 0.0620. The van der Waals surface area contributed by atoms with Crippen molar-refractivity contribution >= 4 is 5.97 Å². The molecule has 0 amide bonds. The van der Waals surface area contributed by atoms with Gasteiger partial charge in [-0.25, -0.2) is 0 Å². The molecule has 0 radical (unpaired) electrons. The van der Waals surface area contributed by atoms with E-state index in [9.17, 15) is 4.79 Å². The van der Waals surface area contributed by atoms with Crippen molar-refractivity contribution in [1.29, 1.82) is 0 Å². The van der Waals surface area contributed by atoms with Crippen molar-refractivity contribution in [2.45, 2.75) is 289 Å². The highest BCUT2D eigenvalue weighted by Crippen LogP contribution is 2.18. The second-order valence-corrected chi connectivity index (χ2v) is 16.4. The Bertz CT molecular complexity index is 605. The Hall–Kier alpha value is -0.570. The van der Waals surface area contributed by atoms with Gasteiger partial charge in [0.1, 0.15) is 0 Å². The van der Waals surface area contributed by atoms with E-state index in [0.29, 0.717) is 13.0 Å². The summed E-state index contributed by atoms with van der Waals surface area (Å²) < 4.78 is 0. The molecule has 0 unspecified atom stereocenters. The Kier molecular flexibility index (Phi) is 45.9. The molecule has 50 heavy (non-hydrogen) atoms. The number of hydrogen-bond donors (Lipinski definition) is 2. The average Bonchev–Trinajstić information content (AvgIpc) is 3.11. The van der Waals surface area contributed by atoms with Crippen molar-refractivity contribution in [2.75, 3.05) is 6.61 Å². The fourth-order valence-corrected chi connectivity index (χ4v) is 7.81. The van der Waals surface area contributed by atoms with Gasteiger partial charge in [0.15, 0.2) is 0 Å². The van der Waals surface area contributed by atoms with Gasteiger partial charge in [0.25, 0.3) is 0 Å². The first-order valence-corrected chi connectivity index (χ1v) is 23.6. The van der Waals surface area contributed by atoms with E-state index in [1.54, 1.807) is 0 Å². The smallest absolute Gasteiger partial charge is 0.303 e. The third kappa shape index (κ3) is 47.4. The number of aliphatic hydroxyl groups is 1. The summed E-state index contributed by atoms with van der Waals surface area (Å²) in [7, 11) is 0. The molecule has 0 atom stereocenters. The molecule has 300 valence electrons. The van der Waals surface area contributed by atoms with Crippen molar-refractivity contribution in [2.24, 2.45) is 0 Å². The molecule has 0 aromatic heterocycles. The zero-order valence-electron chi connectivity index (χ0n) is 34.3. The molecule has 0 fully saturated rings. The van der Waals surface area contributed by atoms with Gasteiger partial charge in [0, 0.05) is 13.0 Å². The van der Waals surface area contributed by atoms with Gasteiger partial charge in [-0.15, -0.1) is 0 Å². The van der Waals surface area contributed by atoms with Crippen molar-refractivity contribution < 1.29 is 15.0 Å². The van der Waals surface area contributed by atoms with Crippen molar-refractivity contribution in [1.82, 2.24) is 0 Å². The number of carbonyl (C=O) groups is 1. The Labute approximate surface area is 315 Å².